The summed E-state index contributed by atoms with van der Waals surface area (Å²) in [5.41, 5.74) is 14.5. The zero-order valence-electron chi connectivity index (χ0n) is 31.9. The Balaban J connectivity index is 1.12. The molecule has 270 valence electrons. The van der Waals surface area contributed by atoms with E-state index < -0.39 is 0 Å². The summed E-state index contributed by atoms with van der Waals surface area (Å²) in [5.74, 6) is 0. The Labute approximate surface area is 339 Å². The third-order valence-electron chi connectivity index (χ3n) is 11.8. The highest BCUT2D eigenvalue weighted by atomic mass is 14.2. The summed E-state index contributed by atoms with van der Waals surface area (Å²) < 4.78 is 0. The van der Waals surface area contributed by atoms with Crippen LogP contribution >= 0.6 is 0 Å². The van der Waals surface area contributed by atoms with E-state index in [4.69, 9.17) is 0 Å². The minimum Gasteiger partial charge on any atom is -0.0622 e. The van der Waals surface area contributed by atoms with Gasteiger partial charge >= 0.3 is 0 Å². The zero-order chi connectivity index (χ0) is 38.4. The Kier molecular flexibility index (Phi) is 8.26. The normalized spacial score (nSPS) is 11.4. The van der Waals surface area contributed by atoms with Gasteiger partial charge in [-0.05, 0) is 158 Å². The minimum absolute atomic E-state index is 1.19. The maximum Gasteiger partial charge on any atom is -0.00926 e. The predicted octanol–water partition coefficient (Wildman–Crippen LogP) is 16.3. The molecule has 0 amide bonds. The summed E-state index contributed by atoms with van der Waals surface area (Å²) in [4.78, 5) is 0. The molecule has 0 heteroatoms. The fourth-order valence-electron chi connectivity index (χ4n) is 8.92. The van der Waals surface area contributed by atoms with Gasteiger partial charge in [-0.3, -0.25) is 0 Å². The van der Waals surface area contributed by atoms with Crippen LogP contribution in [-0.2, 0) is 0 Å². The predicted molar refractivity (Wildman–Crippen MR) is 249 cm³/mol. The van der Waals surface area contributed by atoms with E-state index in [0.29, 0.717) is 0 Å². The molecule has 0 N–H and O–H groups in total. The van der Waals surface area contributed by atoms with Gasteiger partial charge in [-0.15, -0.1) is 0 Å². The molecule has 0 fully saturated rings. The van der Waals surface area contributed by atoms with Gasteiger partial charge in [0.05, 0.1) is 0 Å². The first-order valence-corrected chi connectivity index (χ1v) is 20.1. The van der Waals surface area contributed by atoms with Gasteiger partial charge < -0.3 is 0 Å². The first-order valence-electron chi connectivity index (χ1n) is 20.1. The minimum atomic E-state index is 1.19. The molecule has 0 bridgehead atoms. The average Bonchev–Trinajstić information content (AvgIpc) is 3.31. The summed E-state index contributed by atoms with van der Waals surface area (Å²) in [7, 11) is 0. The second-order valence-corrected chi connectivity index (χ2v) is 15.3. The number of benzene rings is 11. The van der Waals surface area contributed by atoms with Crippen LogP contribution in [0.5, 0.6) is 0 Å². The van der Waals surface area contributed by atoms with Gasteiger partial charge in [0.25, 0.3) is 0 Å². The van der Waals surface area contributed by atoms with Gasteiger partial charge in [0.15, 0.2) is 0 Å². The third kappa shape index (κ3) is 6.04. The van der Waals surface area contributed by atoms with Gasteiger partial charge in [0, 0.05) is 0 Å². The van der Waals surface area contributed by atoms with Crippen LogP contribution in [0, 0.1) is 0 Å². The molecule has 0 radical (unpaired) electrons. The van der Waals surface area contributed by atoms with Crippen molar-refractivity contribution >= 4 is 43.1 Å². The molecule has 0 nitrogen and oxygen atoms in total. The maximum absolute atomic E-state index is 2.41. The van der Waals surface area contributed by atoms with Crippen LogP contribution in [0.25, 0.3) is 110 Å². The van der Waals surface area contributed by atoms with E-state index in [-0.39, 0.29) is 0 Å². The van der Waals surface area contributed by atoms with Crippen molar-refractivity contribution in [3.8, 4) is 66.8 Å². The quantitative estimate of drug-likeness (QED) is 0.149. The standard InChI is InChI=1S/C58H38/c1-3-16-40(17-4-1)54-35-49(44-23-13-22-43(32-44)46-30-29-39-15-7-8-20-42(39)31-46)37-57-55(41-18-5-2-6-19-41)36-50(38-58(54)57)45-24-14-25-47(33-45)56-34-48-21-9-10-26-51(48)52-27-11-12-28-53(52)56/h1-38H. The van der Waals surface area contributed by atoms with Crippen molar-refractivity contribution in [2.45, 2.75) is 0 Å². The fourth-order valence-corrected chi connectivity index (χ4v) is 8.92. The number of rotatable bonds is 6. The molecule has 0 spiro atoms. The van der Waals surface area contributed by atoms with Crippen molar-refractivity contribution in [3.63, 3.8) is 0 Å². The van der Waals surface area contributed by atoms with Crippen LogP contribution in [0.3, 0.4) is 0 Å². The van der Waals surface area contributed by atoms with Crippen LogP contribution in [0.15, 0.2) is 231 Å². The lowest BCUT2D eigenvalue weighted by Crippen LogP contribution is -1.91. The van der Waals surface area contributed by atoms with Crippen molar-refractivity contribution in [2.24, 2.45) is 0 Å². The molecular weight excluding hydrogens is 697 g/mol. The van der Waals surface area contributed by atoms with Crippen LogP contribution in [0.1, 0.15) is 0 Å². The topological polar surface area (TPSA) is 0 Å². The Morgan fingerprint density at radius 1 is 0.155 bits per heavy atom. The van der Waals surface area contributed by atoms with Gasteiger partial charge in [0.1, 0.15) is 0 Å². The SMILES string of the molecule is c1ccc(-c2cc(-c3cccc(-c4cc5ccccc5c5ccccc45)c3)cc3c(-c4ccccc4)cc(-c4cccc(-c5ccc6ccccc6c5)c4)cc23)cc1. The molecule has 0 aliphatic carbocycles. The van der Waals surface area contributed by atoms with Crippen LogP contribution in [0.4, 0.5) is 0 Å². The summed E-state index contributed by atoms with van der Waals surface area (Å²) in [6, 6.07) is 84.7. The summed E-state index contributed by atoms with van der Waals surface area (Å²) in [5, 5.41) is 10.1. The molecule has 0 atom stereocenters. The van der Waals surface area contributed by atoms with Crippen LogP contribution in [0.2, 0.25) is 0 Å². The van der Waals surface area contributed by atoms with Gasteiger partial charge in [-0.25, -0.2) is 0 Å². The van der Waals surface area contributed by atoms with Crippen LogP contribution in [-0.4, -0.2) is 0 Å². The first kappa shape index (κ1) is 33.8. The maximum atomic E-state index is 2.41. The Morgan fingerprint density at radius 3 is 1.22 bits per heavy atom. The average molecular weight is 735 g/mol. The lowest BCUT2D eigenvalue weighted by Gasteiger charge is -2.18. The molecular formula is C58H38. The molecule has 0 unspecified atom stereocenters. The Hall–Kier alpha value is -7.54. The van der Waals surface area contributed by atoms with Crippen LogP contribution < -0.4 is 0 Å². The largest absolute Gasteiger partial charge is 0.0622 e. The molecule has 0 saturated heterocycles. The van der Waals surface area contributed by atoms with E-state index in [0.717, 1.165) is 0 Å². The molecule has 0 heterocycles. The van der Waals surface area contributed by atoms with Crippen molar-refractivity contribution in [2.75, 3.05) is 0 Å². The monoisotopic (exact) mass is 734 g/mol. The van der Waals surface area contributed by atoms with E-state index in [1.807, 2.05) is 0 Å². The molecule has 11 aromatic carbocycles. The van der Waals surface area contributed by atoms with E-state index in [1.54, 1.807) is 0 Å². The first-order chi connectivity index (χ1) is 28.7. The molecule has 58 heavy (non-hydrogen) atoms. The second kappa shape index (κ2) is 14.2. The second-order valence-electron chi connectivity index (χ2n) is 15.3. The highest BCUT2D eigenvalue weighted by Crippen LogP contribution is 2.43. The van der Waals surface area contributed by atoms with E-state index in [1.165, 1.54) is 110 Å². The van der Waals surface area contributed by atoms with Crippen molar-refractivity contribution in [1.82, 2.24) is 0 Å². The van der Waals surface area contributed by atoms with Gasteiger partial charge in [0.2, 0.25) is 0 Å². The van der Waals surface area contributed by atoms with Gasteiger partial charge in [-0.2, -0.15) is 0 Å². The summed E-state index contributed by atoms with van der Waals surface area (Å²) in [6.07, 6.45) is 0. The number of hydrogen-bond donors (Lipinski definition) is 0. The Bertz CT molecular complexity index is 3320. The van der Waals surface area contributed by atoms with Crippen molar-refractivity contribution in [3.05, 3.63) is 231 Å². The zero-order valence-corrected chi connectivity index (χ0v) is 31.9. The van der Waals surface area contributed by atoms with E-state index in [2.05, 4.69) is 231 Å². The smallest absolute Gasteiger partial charge is 0.00926 e. The number of hydrogen-bond acceptors (Lipinski definition) is 0. The third-order valence-corrected chi connectivity index (χ3v) is 11.8. The molecule has 0 aliphatic heterocycles. The van der Waals surface area contributed by atoms with Crippen molar-refractivity contribution < 1.29 is 0 Å². The van der Waals surface area contributed by atoms with E-state index >= 15 is 0 Å². The molecule has 11 aromatic rings. The highest BCUT2D eigenvalue weighted by molar-refractivity contribution is 6.14. The number of fused-ring (bicyclic) bond motifs is 5. The lowest BCUT2D eigenvalue weighted by atomic mass is 9.86. The molecule has 0 saturated carbocycles. The fraction of sp³-hybridized carbons (Fsp3) is 0. The van der Waals surface area contributed by atoms with E-state index in [9.17, 15) is 0 Å². The lowest BCUT2D eigenvalue weighted by molar-refractivity contribution is 1.58. The summed E-state index contributed by atoms with van der Waals surface area (Å²) >= 11 is 0. The Morgan fingerprint density at radius 2 is 0.586 bits per heavy atom. The molecule has 11 rings (SSSR count). The highest BCUT2D eigenvalue weighted by Gasteiger charge is 2.17. The van der Waals surface area contributed by atoms with Gasteiger partial charge in [-0.1, -0.05) is 182 Å². The van der Waals surface area contributed by atoms with Crippen molar-refractivity contribution in [1.29, 1.82) is 0 Å². The summed E-state index contributed by atoms with van der Waals surface area (Å²) in [6.45, 7) is 0. The molecule has 0 aromatic heterocycles. The molecule has 0 aliphatic rings.